The lowest BCUT2D eigenvalue weighted by Gasteiger charge is -2.03. The van der Waals surface area contributed by atoms with E-state index in [2.05, 4.69) is 0 Å². The van der Waals surface area contributed by atoms with E-state index in [1.807, 2.05) is 6.07 Å². The summed E-state index contributed by atoms with van der Waals surface area (Å²) in [4.78, 5) is 11.1. The lowest BCUT2D eigenvalue weighted by molar-refractivity contribution is -0.131. The third-order valence-electron chi connectivity index (χ3n) is 1.57. The van der Waals surface area contributed by atoms with Crippen LogP contribution < -0.4 is 5.73 Å². The van der Waals surface area contributed by atoms with Crippen LogP contribution in [0.15, 0.2) is 35.2 Å². The van der Waals surface area contributed by atoms with Crippen molar-refractivity contribution < 1.29 is 9.90 Å². The van der Waals surface area contributed by atoms with Crippen molar-refractivity contribution in [2.75, 3.05) is 11.5 Å². The summed E-state index contributed by atoms with van der Waals surface area (Å²) in [6.45, 7) is 0. The molecule has 1 aromatic rings. The van der Waals surface area contributed by atoms with Crippen LogP contribution in [0.3, 0.4) is 0 Å². The number of hydrogen-bond donors (Lipinski definition) is 2. The Morgan fingerprint density at radius 3 is 2.93 bits per heavy atom. The molecule has 1 aromatic carbocycles. The maximum atomic E-state index is 10.2. The zero-order valence-corrected chi connectivity index (χ0v) is 9.39. The van der Waals surface area contributed by atoms with Crippen molar-refractivity contribution in [3.8, 4) is 0 Å². The second-order valence-corrected chi connectivity index (χ2v) is 4.23. The second kappa shape index (κ2) is 5.68. The molecule has 15 heavy (non-hydrogen) atoms. The molecule has 0 aliphatic carbocycles. The maximum Gasteiger partial charge on any atom is 0.328 e. The molecule has 0 atom stereocenters. The fraction of sp³-hybridized carbons (Fsp3) is 0.100. The van der Waals surface area contributed by atoms with Crippen LogP contribution in [-0.4, -0.2) is 16.8 Å². The van der Waals surface area contributed by atoms with Gasteiger partial charge in [0.05, 0.1) is 0 Å². The van der Waals surface area contributed by atoms with Crippen molar-refractivity contribution >= 4 is 35.0 Å². The summed E-state index contributed by atoms with van der Waals surface area (Å²) in [5, 5.41) is 8.96. The first-order valence-electron chi connectivity index (χ1n) is 4.17. The van der Waals surface area contributed by atoms with Crippen LogP contribution in [0.1, 0.15) is 0 Å². The molecule has 0 heterocycles. The SMILES string of the molecule is Nc1cc(Cl)ccc1SCC=CC(=O)O. The van der Waals surface area contributed by atoms with Crippen LogP contribution >= 0.6 is 23.4 Å². The lowest BCUT2D eigenvalue weighted by atomic mass is 10.3. The van der Waals surface area contributed by atoms with Gasteiger partial charge in [-0.3, -0.25) is 0 Å². The Hall–Kier alpha value is -1.13. The summed E-state index contributed by atoms with van der Waals surface area (Å²) in [5.41, 5.74) is 6.33. The number of carboxylic acid groups (broad SMARTS) is 1. The average molecular weight is 244 g/mol. The highest BCUT2D eigenvalue weighted by atomic mass is 35.5. The van der Waals surface area contributed by atoms with Crippen molar-refractivity contribution in [1.82, 2.24) is 0 Å². The Morgan fingerprint density at radius 1 is 1.60 bits per heavy atom. The standard InChI is InChI=1S/C10H10ClNO2S/c11-7-3-4-9(8(12)6-7)15-5-1-2-10(13)14/h1-4,6H,5,12H2,(H,13,14). The number of hydrogen-bond acceptors (Lipinski definition) is 3. The number of nitrogen functional groups attached to an aromatic ring is 1. The number of benzene rings is 1. The molecule has 0 saturated carbocycles. The topological polar surface area (TPSA) is 63.3 Å². The minimum Gasteiger partial charge on any atom is -0.478 e. The average Bonchev–Trinajstić information content (AvgIpc) is 2.14. The molecule has 0 bridgehead atoms. The highest BCUT2D eigenvalue weighted by Gasteiger charge is 1.99. The van der Waals surface area contributed by atoms with Crippen LogP contribution in [0.25, 0.3) is 0 Å². The predicted molar refractivity (Wildman–Crippen MR) is 63.4 cm³/mol. The van der Waals surface area contributed by atoms with E-state index in [9.17, 15) is 4.79 Å². The van der Waals surface area contributed by atoms with E-state index in [-0.39, 0.29) is 0 Å². The van der Waals surface area contributed by atoms with Gasteiger partial charge in [0.1, 0.15) is 0 Å². The molecule has 0 spiro atoms. The van der Waals surface area contributed by atoms with Gasteiger partial charge in [0, 0.05) is 27.4 Å². The molecule has 3 N–H and O–H groups in total. The summed E-state index contributed by atoms with van der Waals surface area (Å²) in [6.07, 6.45) is 2.68. The molecule has 5 heteroatoms. The van der Waals surface area contributed by atoms with E-state index in [1.54, 1.807) is 18.2 Å². The number of halogens is 1. The van der Waals surface area contributed by atoms with E-state index in [1.165, 1.54) is 11.8 Å². The molecule has 0 fully saturated rings. The van der Waals surface area contributed by atoms with Gasteiger partial charge in [-0.2, -0.15) is 0 Å². The molecule has 80 valence electrons. The van der Waals surface area contributed by atoms with Crippen molar-refractivity contribution in [3.63, 3.8) is 0 Å². The summed E-state index contributed by atoms with van der Waals surface area (Å²) in [5.74, 6) is -0.377. The van der Waals surface area contributed by atoms with Crippen molar-refractivity contribution in [3.05, 3.63) is 35.4 Å². The molecular weight excluding hydrogens is 234 g/mol. The zero-order valence-electron chi connectivity index (χ0n) is 7.81. The first-order chi connectivity index (χ1) is 7.09. The third-order valence-corrected chi connectivity index (χ3v) is 2.84. The summed E-state index contributed by atoms with van der Waals surface area (Å²) in [6, 6.07) is 5.24. The molecular formula is C10H10ClNO2S. The van der Waals surface area contributed by atoms with Gasteiger partial charge in [-0.1, -0.05) is 17.7 Å². The smallest absolute Gasteiger partial charge is 0.328 e. The quantitative estimate of drug-likeness (QED) is 0.485. The van der Waals surface area contributed by atoms with Gasteiger partial charge < -0.3 is 10.8 Å². The third kappa shape index (κ3) is 4.27. The molecule has 0 saturated heterocycles. The van der Waals surface area contributed by atoms with Crippen LogP contribution in [-0.2, 0) is 4.79 Å². The number of anilines is 1. The van der Waals surface area contributed by atoms with Crippen LogP contribution in [0.5, 0.6) is 0 Å². The maximum absolute atomic E-state index is 10.2. The van der Waals surface area contributed by atoms with Gasteiger partial charge in [-0.25, -0.2) is 4.79 Å². The lowest BCUT2D eigenvalue weighted by Crippen LogP contribution is -1.89. The van der Waals surface area contributed by atoms with Crippen LogP contribution in [0.2, 0.25) is 5.02 Å². The van der Waals surface area contributed by atoms with E-state index >= 15 is 0 Å². The second-order valence-electron chi connectivity index (χ2n) is 2.73. The predicted octanol–water partition coefficient (Wildman–Crippen LogP) is 2.66. The van der Waals surface area contributed by atoms with Crippen molar-refractivity contribution in [2.24, 2.45) is 0 Å². The zero-order chi connectivity index (χ0) is 11.3. The summed E-state index contributed by atoms with van der Waals surface area (Å²) in [7, 11) is 0. The van der Waals surface area contributed by atoms with Gasteiger partial charge in [0.2, 0.25) is 0 Å². The number of thioether (sulfide) groups is 1. The van der Waals surface area contributed by atoms with Crippen LogP contribution in [0, 0.1) is 0 Å². The van der Waals surface area contributed by atoms with Gasteiger partial charge in [0.25, 0.3) is 0 Å². The van der Waals surface area contributed by atoms with Crippen molar-refractivity contribution in [2.45, 2.75) is 4.90 Å². The van der Waals surface area contributed by atoms with Gasteiger partial charge in [-0.15, -0.1) is 11.8 Å². The Bertz CT molecular complexity index is 393. The molecule has 1 rings (SSSR count). The molecule has 0 amide bonds. The molecule has 0 unspecified atom stereocenters. The Kier molecular flexibility index (Phi) is 4.52. The number of nitrogens with two attached hydrogens (primary N) is 1. The number of aliphatic carboxylic acids is 1. The minimum absolute atomic E-state index is 0.568. The van der Waals surface area contributed by atoms with E-state index in [4.69, 9.17) is 22.4 Å². The highest BCUT2D eigenvalue weighted by Crippen LogP contribution is 2.27. The molecule has 3 nitrogen and oxygen atoms in total. The Balaban J connectivity index is 2.54. The summed E-state index contributed by atoms with van der Waals surface area (Å²) >= 11 is 7.20. The van der Waals surface area contributed by atoms with Crippen LogP contribution in [0.4, 0.5) is 5.69 Å². The molecule has 0 aromatic heterocycles. The molecule has 0 radical (unpaired) electrons. The Morgan fingerprint density at radius 2 is 2.33 bits per heavy atom. The minimum atomic E-state index is -0.945. The Labute approximate surface area is 96.9 Å². The number of carboxylic acids is 1. The van der Waals surface area contributed by atoms with E-state index < -0.39 is 5.97 Å². The van der Waals surface area contributed by atoms with Gasteiger partial charge in [-0.05, 0) is 18.2 Å². The van der Waals surface area contributed by atoms with Crippen molar-refractivity contribution in [1.29, 1.82) is 0 Å². The first-order valence-corrected chi connectivity index (χ1v) is 5.53. The normalized spacial score (nSPS) is 10.7. The number of rotatable bonds is 4. The first kappa shape index (κ1) is 11.9. The monoisotopic (exact) mass is 243 g/mol. The fourth-order valence-corrected chi connectivity index (χ4v) is 1.88. The van der Waals surface area contributed by atoms with E-state index in [0.717, 1.165) is 11.0 Å². The van der Waals surface area contributed by atoms with Gasteiger partial charge in [0.15, 0.2) is 0 Å². The molecule has 0 aliphatic heterocycles. The molecule has 0 aliphatic rings. The van der Waals surface area contributed by atoms with Gasteiger partial charge >= 0.3 is 5.97 Å². The fourth-order valence-electron chi connectivity index (χ4n) is 0.938. The summed E-state index contributed by atoms with van der Waals surface area (Å²) < 4.78 is 0. The largest absolute Gasteiger partial charge is 0.478 e. The van der Waals surface area contributed by atoms with E-state index in [0.29, 0.717) is 16.5 Å². The highest BCUT2D eigenvalue weighted by molar-refractivity contribution is 7.99. The number of carbonyl (C=O) groups is 1.